The molecular weight excluding hydrogens is 976 g/mol. The molecule has 2 aromatic heterocycles. The fraction of sp³-hybridized carbons (Fsp3) is 0.254. The van der Waals surface area contributed by atoms with Crippen molar-refractivity contribution in [2.45, 2.75) is 92.4 Å². The summed E-state index contributed by atoms with van der Waals surface area (Å²) in [6.07, 6.45) is 4.18. The van der Waals surface area contributed by atoms with E-state index in [2.05, 4.69) is 255 Å². The first-order valence-corrected chi connectivity index (χ1v) is 22.4. The van der Waals surface area contributed by atoms with Crippen LogP contribution in [0, 0.1) is 24.2 Å². The maximum atomic E-state index is 7.15. The standard InChI is InChI=1S/C59H59N4O.Pt/c1-56(2,3)43-25-20-26-45(33-43)61-38-53(58(7,8)9)62(39-61)46-31-41(40-21-14-12-15-22-40)32-47(35-46)64-48-36-50(59(10,11)42-23-16-13-17-24-42)55-49-27-18-19-28-51(49)63(52(55)37-48)54-34-44(29-30-60-54)57(4,5)6;/h12-34,36,38-39H,1-11H3;/q-3;. The second kappa shape index (κ2) is 17.1. The van der Waals surface area contributed by atoms with Crippen molar-refractivity contribution in [1.82, 2.24) is 9.55 Å². The van der Waals surface area contributed by atoms with Gasteiger partial charge in [-0.3, -0.25) is 0 Å². The molecule has 8 aromatic rings. The number of allylic oxidation sites excluding steroid dienone is 1. The third-order valence-corrected chi connectivity index (χ3v) is 12.6. The van der Waals surface area contributed by atoms with Gasteiger partial charge in [-0.1, -0.05) is 178 Å². The van der Waals surface area contributed by atoms with Crippen LogP contribution >= 0.6 is 0 Å². The first-order valence-electron chi connectivity index (χ1n) is 22.4. The van der Waals surface area contributed by atoms with Crippen LogP contribution in [0.4, 0.5) is 11.4 Å². The van der Waals surface area contributed by atoms with E-state index in [1.165, 1.54) is 16.7 Å². The normalized spacial score (nSPS) is 13.6. The summed E-state index contributed by atoms with van der Waals surface area (Å²) in [5.41, 5.74) is 11.5. The quantitative estimate of drug-likeness (QED) is 0.142. The van der Waals surface area contributed by atoms with Crippen LogP contribution in [0.3, 0.4) is 0 Å². The van der Waals surface area contributed by atoms with Gasteiger partial charge in [0.05, 0.1) is 0 Å². The van der Waals surface area contributed by atoms with Crippen molar-refractivity contribution in [3.63, 3.8) is 0 Å². The van der Waals surface area contributed by atoms with Gasteiger partial charge in [0.15, 0.2) is 0 Å². The molecule has 0 saturated heterocycles. The molecule has 0 saturated carbocycles. The minimum absolute atomic E-state index is 0. The Kier molecular flexibility index (Phi) is 12.0. The van der Waals surface area contributed by atoms with Crippen molar-refractivity contribution in [1.29, 1.82) is 0 Å². The van der Waals surface area contributed by atoms with E-state index in [0.29, 0.717) is 11.5 Å². The van der Waals surface area contributed by atoms with Crippen molar-refractivity contribution in [3.8, 4) is 28.4 Å². The number of aromatic nitrogens is 2. The molecule has 6 aromatic carbocycles. The molecule has 0 unspecified atom stereocenters. The summed E-state index contributed by atoms with van der Waals surface area (Å²) in [7, 11) is 0. The van der Waals surface area contributed by atoms with Crippen molar-refractivity contribution in [2.24, 2.45) is 5.41 Å². The van der Waals surface area contributed by atoms with Gasteiger partial charge in [-0.05, 0) is 80.4 Å². The molecule has 6 heteroatoms. The second-order valence-electron chi connectivity index (χ2n) is 20.8. The van der Waals surface area contributed by atoms with Crippen molar-refractivity contribution >= 4 is 33.2 Å². The van der Waals surface area contributed by atoms with Gasteiger partial charge in [-0.25, -0.2) is 4.98 Å². The summed E-state index contributed by atoms with van der Waals surface area (Å²) in [6, 6.07) is 57.2. The van der Waals surface area contributed by atoms with E-state index in [0.717, 1.165) is 61.4 Å². The van der Waals surface area contributed by atoms with E-state index in [9.17, 15) is 0 Å². The molecule has 0 aliphatic carbocycles. The monoisotopic (exact) mass is 1030 g/mol. The zero-order chi connectivity index (χ0) is 45.2. The third-order valence-electron chi connectivity index (χ3n) is 12.6. The summed E-state index contributed by atoms with van der Waals surface area (Å²) in [6.45, 7) is 27.1. The second-order valence-corrected chi connectivity index (χ2v) is 20.8. The number of benzene rings is 6. The average Bonchev–Trinajstić information content (AvgIpc) is 3.87. The van der Waals surface area contributed by atoms with Crippen LogP contribution in [0.2, 0.25) is 0 Å². The van der Waals surface area contributed by atoms with Crippen molar-refractivity contribution in [3.05, 3.63) is 199 Å². The Balaban J connectivity index is 0.00000576. The molecule has 0 radical (unpaired) electrons. The number of anilines is 2. The number of pyridine rings is 1. The van der Waals surface area contributed by atoms with Gasteiger partial charge in [0.2, 0.25) is 0 Å². The molecule has 0 atom stereocenters. The zero-order valence-electron chi connectivity index (χ0n) is 39.5. The Morgan fingerprint density at radius 3 is 1.89 bits per heavy atom. The van der Waals surface area contributed by atoms with Gasteiger partial charge < -0.3 is 19.1 Å². The van der Waals surface area contributed by atoms with Gasteiger partial charge in [0.1, 0.15) is 5.82 Å². The molecule has 65 heavy (non-hydrogen) atoms. The number of nitrogens with zero attached hydrogens (tertiary/aromatic N) is 4. The fourth-order valence-corrected chi connectivity index (χ4v) is 8.85. The number of hydrogen-bond acceptors (Lipinski definition) is 4. The first-order chi connectivity index (χ1) is 30.4. The molecular formula is C59H59N4OPt-3. The van der Waals surface area contributed by atoms with Gasteiger partial charge in [0, 0.05) is 61.1 Å². The first kappa shape index (κ1) is 45.7. The Morgan fingerprint density at radius 1 is 0.569 bits per heavy atom. The summed E-state index contributed by atoms with van der Waals surface area (Å²) in [4.78, 5) is 9.52. The van der Waals surface area contributed by atoms with Crippen LogP contribution in [-0.2, 0) is 37.3 Å². The predicted octanol–water partition coefficient (Wildman–Crippen LogP) is 15.5. The predicted molar refractivity (Wildman–Crippen MR) is 267 cm³/mol. The Hall–Kier alpha value is -5.90. The van der Waals surface area contributed by atoms with Gasteiger partial charge in [0.25, 0.3) is 0 Å². The van der Waals surface area contributed by atoms with Crippen LogP contribution in [-0.4, -0.2) is 9.55 Å². The summed E-state index contributed by atoms with van der Waals surface area (Å²) in [5, 5.41) is 2.27. The number of hydrogen-bond donors (Lipinski definition) is 0. The molecule has 9 rings (SSSR count). The smallest absolute Gasteiger partial charge is 0.135 e. The molecule has 0 fully saturated rings. The number of para-hydroxylation sites is 1. The Labute approximate surface area is 401 Å². The minimum Gasteiger partial charge on any atom is -0.509 e. The van der Waals surface area contributed by atoms with Crippen LogP contribution in [0.1, 0.15) is 98.4 Å². The van der Waals surface area contributed by atoms with E-state index < -0.39 is 5.41 Å². The molecule has 1 aliphatic rings. The van der Waals surface area contributed by atoms with Crippen LogP contribution in [0.15, 0.2) is 158 Å². The van der Waals surface area contributed by atoms with Gasteiger partial charge in [-0.2, -0.15) is 0 Å². The summed E-state index contributed by atoms with van der Waals surface area (Å²) < 4.78 is 9.41. The van der Waals surface area contributed by atoms with Crippen LogP contribution in [0.5, 0.6) is 11.5 Å². The van der Waals surface area contributed by atoms with E-state index in [1.54, 1.807) is 0 Å². The maximum absolute atomic E-state index is 7.15. The molecule has 3 heterocycles. The maximum Gasteiger partial charge on any atom is 0.135 e. The SMILES string of the molecule is CC(C)(C)C1=CN(c2cccc(C(C)(C)C)c2)[CH-]N1c1[c-]c(Oc2[c-]c3c(c(C(C)(C)c4ccccc4)c2)c2ccccc2n3-c2cc(C(C)(C)C)ccn2)cc(-c2ccccc2)c1.[Pt]. The summed E-state index contributed by atoms with van der Waals surface area (Å²) >= 11 is 0. The Bertz CT molecular complexity index is 3030. The largest absolute Gasteiger partial charge is 0.509 e. The molecule has 0 bridgehead atoms. The van der Waals surface area contributed by atoms with E-state index in [1.807, 2.05) is 6.20 Å². The van der Waals surface area contributed by atoms with E-state index in [-0.39, 0.29) is 37.3 Å². The molecule has 5 nitrogen and oxygen atoms in total. The van der Waals surface area contributed by atoms with E-state index >= 15 is 0 Å². The fourth-order valence-electron chi connectivity index (χ4n) is 8.85. The minimum atomic E-state index is -0.409. The molecule has 0 N–H and O–H groups in total. The van der Waals surface area contributed by atoms with Crippen LogP contribution in [0.25, 0.3) is 38.8 Å². The Morgan fingerprint density at radius 2 is 1.20 bits per heavy atom. The summed E-state index contributed by atoms with van der Waals surface area (Å²) in [5.74, 6) is 2.05. The third kappa shape index (κ3) is 8.93. The van der Waals surface area contributed by atoms with Gasteiger partial charge >= 0.3 is 0 Å². The van der Waals surface area contributed by atoms with E-state index in [4.69, 9.17) is 9.72 Å². The number of ether oxygens (including phenoxy) is 1. The van der Waals surface area contributed by atoms with Crippen molar-refractivity contribution < 1.29 is 25.8 Å². The van der Waals surface area contributed by atoms with Gasteiger partial charge in [-0.15, -0.1) is 53.8 Å². The van der Waals surface area contributed by atoms with Crippen LogP contribution < -0.4 is 14.5 Å². The average molecular weight is 1040 g/mol. The molecule has 334 valence electrons. The number of fused-ring (bicyclic) bond motifs is 3. The molecule has 0 amide bonds. The molecule has 1 aliphatic heterocycles. The molecule has 0 spiro atoms. The topological polar surface area (TPSA) is 33.5 Å². The van der Waals surface area contributed by atoms with Crippen molar-refractivity contribution in [2.75, 3.05) is 9.80 Å². The number of rotatable bonds is 8. The zero-order valence-corrected chi connectivity index (χ0v) is 41.8.